The third-order valence-electron chi connectivity index (χ3n) is 8.77. The molecule has 272 valence electrons. The van der Waals surface area contributed by atoms with E-state index in [1.165, 1.54) is 28.0 Å². The van der Waals surface area contributed by atoms with Crippen LogP contribution >= 0.6 is 0 Å². The minimum absolute atomic E-state index is 0.00826. The summed E-state index contributed by atoms with van der Waals surface area (Å²) in [6.07, 6.45) is 7.56. The molecule has 3 amide bonds. The second-order valence-corrected chi connectivity index (χ2v) is 12.5. The number of ether oxygens (including phenoxy) is 2. The standard InChI is InChI=1S/C41H42N6O6/c1-4-21-41(22-5-2)24-34(47-37(49)35(27-43-38(41)47)46(23-6-3)40(51)53-29-33-15-11-8-12-16-33)36(48)42-25-30-17-19-31(20-18-30)26-44-45-39(50)52-28-32-13-9-7-10-14-32/h4-20,26-27,34H,1-3,21-25,28-29H2,(H,42,48)(H,45,50)/t34-/m0/s1. The van der Waals surface area contributed by atoms with Crippen molar-refractivity contribution in [2.75, 3.05) is 11.4 Å². The van der Waals surface area contributed by atoms with Gasteiger partial charge in [0.15, 0.2) is 0 Å². The first kappa shape index (κ1) is 37.7. The number of carbonyl (C=O) groups is 3. The van der Waals surface area contributed by atoms with Crippen molar-refractivity contribution >= 4 is 30.0 Å². The van der Waals surface area contributed by atoms with Crippen LogP contribution in [0.4, 0.5) is 15.3 Å². The summed E-state index contributed by atoms with van der Waals surface area (Å²) in [7, 11) is 0. The smallest absolute Gasteiger partial charge is 0.428 e. The minimum atomic E-state index is -0.921. The van der Waals surface area contributed by atoms with Gasteiger partial charge in [0, 0.05) is 18.5 Å². The molecule has 12 nitrogen and oxygen atoms in total. The number of carbonyl (C=O) groups excluding carboxylic acids is 3. The molecule has 4 aromatic rings. The van der Waals surface area contributed by atoms with Gasteiger partial charge in [0.05, 0.1) is 12.4 Å². The summed E-state index contributed by atoms with van der Waals surface area (Å²) in [5.41, 5.74) is 4.20. The number of amides is 3. The molecule has 0 unspecified atom stereocenters. The Morgan fingerprint density at radius 2 is 1.49 bits per heavy atom. The molecule has 0 radical (unpaired) electrons. The molecule has 1 atom stereocenters. The second kappa shape index (κ2) is 18.1. The quantitative estimate of drug-likeness (QED) is 0.0768. The average molecular weight is 715 g/mol. The molecule has 0 aliphatic carbocycles. The van der Waals surface area contributed by atoms with Crippen molar-refractivity contribution in [2.45, 2.75) is 50.5 Å². The van der Waals surface area contributed by atoms with Gasteiger partial charge in [0.2, 0.25) is 5.91 Å². The Labute approximate surface area is 308 Å². The number of allylic oxidation sites excluding steroid dienone is 2. The highest BCUT2D eigenvalue weighted by Gasteiger charge is 2.47. The molecule has 53 heavy (non-hydrogen) atoms. The van der Waals surface area contributed by atoms with Crippen molar-refractivity contribution in [1.82, 2.24) is 20.3 Å². The minimum Gasteiger partial charge on any atom is -0.444 e. The number of benzene rings is 3. The fraction of sp³-hybridized carbons (Fsp3) is 0.220. The molecule has 0 bridgehead atoms. The lowest BCUT2D eigenvalue weighted by Crippen LogP contribution is -2.41. The highest BCUT2D eigenvalue weighted by molar-refractivity contribution is 5.88. The SMILES string of the molecule is C=CCN(C(=O)OCc1ccccc1)c1cnc2n(c1=O)[C@H](C(=O)NCc1ccc(C=NNC(=O)OCc3ccccc3)cc1)CC2(CC=C)CC=C. The van der Waals surface area contributed by atoms with Crippen LogP contribution in [-0.4, -0.2) is 40.4 Å². The lowest BCUT2D eigenvalue weighted by Gasteiger charge is -2.26. The monoisotopic (exact) mass is 714 g/mol. The maximum absolute atomic E-state index is 14.3. The van der Waals surface area contributed by atoms with Gasteiger partial charge in [0.25, 0.3) is 5.56 Å². The molecular formula is C41H42N6O6. The van der Waals surface area contributed by atoms with Gasteiger partial charge in [-0.1, -0.05) is 103 Å². The third-order valence-corrected chi connectivity index (χ3v) is 8.77. The maximum Gasteiger partial charge on any atom is 0.428 e. The molecule has 3 aromatic carbocycles. The zero-order valence-corrected chi connectivity index (χ0v) is 29.4. The molecule has 1 aliphatic rings. The Bertz CT molecular complexity index is 2000. The normalized spacial score (nSPS) is 14.1. The fourth-order valence-electron chi connectivity index (χ4n) is 6.21. The van der Waals surface area contributed by atoms with Gasteiger partial charge in [-0.2, -0.15) is 5.10 Å². The summed E-state index contributed by atoms with van der Waals surface area (Å²) in [5, 5.41) is 6.90. The summed E-state index contributed by atoms with van der Waals surface area (Å²) in [4.78, 5) is 59.3. The van der Waals surface area contributed by atoms with Gasteiger partial charge in [-0.05, 0) is 41.5 Å². The Morgan fingerprint density at radius 3 is 2.09 bits per heavy atom. The number of anilines is 1. The summed E-state index contributed by atoms with van der Waals surface area (Å²) in [5.74, 6) is 0.0386. The van der Waals surface area contributed by atoms with Crippen LogP contribution in [0, 0.1) is 0 Å². The number of hydrogen-bond acceptors (Lipinski definition) is 8. The summed E-state index contributed by atoms with van der Waals surface area (Å²) >= 11 is 0. The Morgan fingerprint density at radius 1 is 0.868 bits per heavy atom. The van der Waals surface area contributed by atoms with E-state index in [0.29, 0.717) is 24.2 Å². The highest BCUT2D eigenvalue weighted by Crippen LogP contribution is 2.45. The van der Waals surface area contributed by atoms with Crippen molar-refractivity contribution < 1.29 is 23.9 Å². The zero-order chi connectivity index (χ0) is 37.6. The second-order valence-electron chi connectivity index (χ2n) is 12.5. The summed E-state index contributed by atoms with van der Waals surface area (Å²) < 4.78 is 12.1. The van der Waals surface area contributed by atoms with E-state index < -0.39 is 29.2 Å². The van der Waals surface area contributed by atoms with Crippen molar-refractivity contribution in [1.29, 1.82) is 0 Å². The van der Waals surface area contributed by atoms with E-state index in [4.69, 9.17) is 14.5 Å². The predicted molar refractivity (Wildman–Crippen MR) is 203 cm³/mol. The molecule has 12 heteroatoms. The van der Waals surface area contributed by atoms with Gasteiger partial charge in [0.1, 0.15) is 30.8 Å². The van der Waals surface area contributed by atoms with Crippen LogP contribution in [0.3, 0.4) is 0 Å². The topological polar surface area (TPSA) is 144 Å². The lowest BCUT2D eigenvalue weighted by atomic mass is 9.77. The Hall–Kier alpha value is -6.56. The van der Waals surface area contributed by atoms with Crippen molar-refractivity contribution in [3.63, 3.8) is 0 Å². The van der Waals surface area contributed by atoms with Crippen molar-refractivity contribution in [3.8, 4) is 0 Å². The molecular weight excluding hydrogens is 672 g/mol. The first-order chi connectivity index (χ1) is 25.8. The van der Waals surface area contributed by atoms with Crippen LogP contribution in [0.5, 0.6) is 0 Å². The van der Waals surface area contributed by atoms with Crippen LogP contribution in [0.2, 0.25) is 0 Å². The van der Waals surface area contributed by atoms with Crippen LogP contribution in [-0.2, 0) is 39.4 Å². The van der Waals surface area contributed by atoms with Crippen molar-refractivity contribution in [2.24, 2.45) is 5.10 Å². The Balaban J connectivity index is 1.29. The van der Waals surface area contributed by atoms with E-state index in [0.717, 1.165) is 16.7 Å². The van der Waals surface area contributed by atoms with E-state index in [1.807, 2.05) is 72.8 Å². The molecule has 1 aliphatic heterocycles. The number of nitrogens with zero attached hydrogens (tertiary/aromatic N) is 4. The van der Waals surface area contributed by atoms with Gasteiger partial charge in [-0.25, -0.2) is 20.0 Å². The van der Waals surface area contributed by atoms with Crippen LogP contribution in [0.25, 0.3) is 0 Å². The van der Waals surface area contributed by atoms with Gasteiger partial charge < -0.3 is 14.8 Å². The number of hydrogen-bond donors (Lipinski definition) is 2. The van der Waals surface area contributed by atoms with E-state index in [2.05, 4.69) is 35.6 Å². The van der Waals surface area contributed by atoms with Gasteiger partial charge in [-0.3, -0.25) is 19.1 Å². The van der Waals surface area contributed by atoms with Gasteiger partial charge in [-0.15, -0.1) is 19.7 Å². The number of nitrogens with one attached hydrogen (secondary N) is 2. The number of fused-ring (bicyclic) bond motifs is 1. The number of aromatic nitrogens is 2. The van der Waals surface area contributed by atoms with Crippen LogP contribution in [0.1, 0.15) is 53.4 Å². The van der Waals surface area contributed by atoms with E-state index in [1.54, 1.807) is 24.3 Å². The summed E-state index contributed by atoms with van der Waals surface area (Å²) in [6, 6.07) is 24.8. The molecule has 2 N–H and O–H groups in total. The zero-order valence-electron chi connectivity index (χ0n) is 29.4. The van der Waals surface area contributed by atoms with E-state index in [-0.39, 0.29) is 44.3 Å². The molecule has 1 aromatic heterocycles. The highest BCUT2D eigenvalue weighted by atomic mass is 16.6. The molecule has 0 spiro atoms. The molecule has 2 heterocycles. The predicted octanol–water partition coefficient (Wildman–Crippen LogP) is 6.48. The molecule has 0 fully saturated rings. The van der Waals surface area contributed by atoms with E-state index >= 15 is 0 Å². The lowest BCUT2D eigenvalue weighted by molar-refractivity contribution is -0.124. The van der Waals surface area contributed by atoms with Crippen LogP contribution in [0.15, 0.2) is 139 Å². The Kier molecular flexibility index (Phi) is 12.9. The van der Waals surface area contributed by atoms with Crippen molar-refractivity contribution in [3.05, 3.63) is 168 Å². The molecule has 5 rings (SSSR count). The van der Waals surface area contributed by atoms with Crippen LogP contribution < -0.4 is 21.2 Å². The summed E-state index contributed by atoms with van der Waals surface area (Å²) in [6.45, 7) is 11.9. The largest absolute Gasteiger partial charge is 0.444 e. The maximum atomic E-state index is 14.3. The first-order valence-electron chi connectivity index (χ1n) is 17.1. The average Bonchev–Trinajstić information content (AvgIpc) is 3.50. The first-order valence-corrected chi connectivity index (χ1v) is 17.1. The third kappa shape index (κ3) is 9.41. The fourth-order valence-corrected chi connectivity index (χ4v) is 6.21. The van der Waals surface area contributed by atoms with E-state index in [9.17, 15) is 19.2 Å². The number of hydrazone groups is 1. The molecule has 0 saturated carbocycles. The molecule has 0 saturated heterocycles. The van der Waals surface area contributed by atoms with Gasteiger partial charge >= 0.3 is 12.2 Å². The number of rotatable bonds is 16.